The average molecular weight is 545 g/mol. The van der Waals surface area contributed by atoms with Crippen molar-refractivity contribution >= 4 is 17.1 Å². The fourth-order valence-electron chi connectivity index (χ4n) is 4.06. The first-order valence-electron chi connectivity index (χ1n) is 11.8. The molecule has 0 atom stereocenters. The van der Waals surface area contributed by atoms with Gasteiger partial charge in [-0.05, 0) is 47.9 Å². The molecule has 1 aromatic heterocycles. The summed E-state index contributed by atoms with van der Waals surface area (Å²) in [5.74, 6) is 0.550. The highest BCUT2D eigenvalue weighted by molar-refractivity contribution is 5.92. The molecule has 0 saturated carbocycles. The lowest BCUT2D eigenvalue weighted by Gasteiger charge is -2.15. The Morgan fingerprint density at radius 3 is 2.08 bits per heavy atom. The van der Waals surface area contributed by atoms with Crippen LogP contribution in [-0.4, -0.2) is 38.2 Å². The smallest absolute Gasteiger partial charge is 0.497 e. The van der Waals surface area contributed by atoms with Crippen LogP contribution in [0.5, 0.6) is 17.2 Å². The lowest BCUT2D eigenvalue weighted by Crippen LogP contribution is -2.35. The Labute approximate surface area is 221 Å². The van der Waals surface area contributed by atoms with Gasteiger partial charge in [0.1, 0.15) is 11.5 Å². The van der Waals surface area contributed by atoms with Gasteiger partial charge in [0, 0.05) is 11.7 Å². The second kappa shape index (κ2) is 11.4. The van der Waals surface area contributed by atoms with E-state index in [0.29, 0.717) is 44.8 Å². The molecule has 0 radical (unpaired) electrons. The van der Waals surface area contributed by atoms with Gasteiger partial charge in [0.2, 0.25) is 12.5 Å². The van der Waals surface area contributed by atoms with E-state index in [-0.39, 0.29) is 12.4 Å². The summed E-state index contributed by atoms with van der Waals surface area (Å²) in [6.45, 7) is 3.05. The number of carbonyl (C=O) groups is 1. The highest BCUT2D eigenvalue weighted by Gasteiger charge is 2.31. The number of alkyl halides is 3. The van der Waals surface area contributed by atoms with Gasteiger partial charge < -0.3 is 23.7 Å². The lowest BCUT2D eigenvalue weighted by molar-refractivity contribution is -0.888. The van der Waals surface area contributed by atoms with Crippen molar-refractivity contribution in [2.24, 2.45) is 0 Å². The Balaban J connectivity index is 1.72. The van der Waals surface area contributed by atoms with Crippen molar-refractivity contribution in [3.05, 3.63) is 72.4 Å². The summed E-state index contributed by atoms with van der Waals surface area (Å²) >= 11 is 0. The van der Waals surface area contributed by atoms with Crippen molar-refractivity contribution in [2.75, 3.05) is 20.5 Å². The predicted octanol–water partition coefficient (Wildman–Crippen LogP) is 6.42. The highest BCUT2D eigenvalue weighted by Crippen LogP contribution is 2.39. The second-order valence-corrected chi connectivity index (χ2v) is 8.22. The third-order valence-corrected chi connectivity index (χ3v) is 5.82. The molecule has 0 bridgehead atoms. The minimum Gasteiger partial charge on any atom is -0.497 e. The van der Waals surface area contributed by atoms with E-state index in [1.165, 1.54) is 31.4 Å². The van der Waals surface area contributed by atoms with Crippen LogP contribution in [0.15, 0.2) is 66.7 Å². The number of nitrogens with zero attached hydrogens (tertiary/aromatic N) is 1. The lowest BCUT2D eigenvalue weighted by atomic mass is 9.97. The fraction of sp³-hybridized carbons (Fsp3) is 0.214. The van der Waals surface area contributed by atoms with Crippen molar-refractivity contribution in [1.82, 2.24) is 0 Å². The molecule has 39 heavy (non-hydrogen) atoms. The van der Waals surface area contributed by atoms with Crippen molar-refractivity contribution in [3.63, 3.8) is 0 Å². The summed E-state index contributed by atoms with van der Waals surface area (Å²) in [6.07, 6.45) is -5.65. The molecule has 0 unspecified atom stereocenters. The van der Waals surface area contributed by atoms with Crippen molar-refractivity contribution in [3.8, 4) is 39.5 Å². The minimum absolute atomic E-state index is 0.145. The Morgan fingerprint density at radius 1 is 0.897 bits per heavy atom. The third kappa shape index (κ3) is 6.25. The second-order valence-electron chi connectivity index (χ2n) is 8.22. The number of benzene rings is 3. The van der Waals surface area contributed by atoms with Crippen LogP contribution in [0.2, 0.25) is 0 Å². The zero-order valence-corrected chi connectivity index (χ0v) is 21.2. The topological polar surface area (TPSA) is 87.3 Å². The van der Waals surface area contributed by atoms with Crippen LogP contribution >= 0.6 is 0 Å². The van der Waals surface area contributed by atoms with Gasteiger partial charge in [-0.25, -0.2) is 4.79 Å². The number of aromatic nitrogens is 1. The fourth-order valence-corrected chi connectivity index (χ4v) is 4.06. The summed E-state index contributed by atoms with van der Waals surface area (Å²) in [6, 6.07) is 17.7. The van der Waals surface area contributed by atoms with Crippen LogP contribution in [0, 0.1) is 6.92 Å². The van der Waals surface area contributed by atoms with Crippen LogP contribution in [-0.2, 0) is 9.47 Å². The molecule has 0 amide bonds. The Morgan fingerprint density at radius 2 is 1.49 bits per heavy atom. The standard InChI is InChI=1S/C28H25F3NO7/c1-4-36-27(33)38-16-37-26-23-14-13-22(35-3)15-24(23)32(34)17(2)25(26)20-7-5-18(6-8-20)19-9-11-21(12-10-19)39-28(29,30)31/h5-15,34H,4,16H2,1-3H3/q+1. The highest BCUT2D eigenvalue weighted by atomic mass is 19.4. The van der Waals surface area contributed by atoms with Crippen LogP contribution in [0.4, 0.5) is 18.0 Å². The number of ether oxygens (including phenoxy) is 5. The van der Waals surface area contributed by atoms with E-state index in [1.54, 1.807) is 56.3 Å². The molecule has 4 aromatic rings. The predicted molar refractivity (Wildman–Crippen MR) is 134 cm³/mol. The first-order chi connectivity index (χ1) is 18.6. The zero-order chi connectivity index (χ0) is 28.2. The Bertz CT molecular complexity index is 1470. The van der Waals surface area contributed by atoms with E-state index < -0.39 is 19.3 Å². The van der Waals surface area contributed by atoms with E-state index in [1.807, 2.05) is 0 Å². The van der Waals surface area contributed by atoms with Crippen LogP contribution in [0.25, 0.3) is 33.2 Å². The zero-order valence-electron chi connectivity index (χ0n) is 21.2. The van der Waals surface area contributed by atoms with E-state index in [4.69, 9.17) is 18.9 Å². The molecular formula is C28H25F3NO7+. The number of hydrogen-bond acceptors (Lipinski definition) is 7. The maximum Gasteiger partial charge on any atom is 0.573 e. The third-order valence-electron chi connectivity index (χ3n) is 5.82. The number of hydrogen-bond donors (Lipinski definition) is 1. The summed E-state index contributed by atoms with van der Waals surface area (Å²) < 4.78 is 63.3. The Hall–Kier alpha value is -4.67. The van der Waals surface area contributed by atoms with Crippen molar-refractivity contribution in [1.29, 1.82) is 0 Å². The summed E-state index contributed by atoms with van der Waals surface area (Å²) in [5.41, 5.74) is 3.45. The molecule has 4 rings (SSSR count). The van der Waals surface area contributed by atoms with Crippen molar-refractivity contribution < 1.29 is 51.6 Å². The van der Waals surface area contributed by atoms with Gasteiger partial charge in [0.05, 0.1) is 30.7 Å². The molecule has 0 aliphatic carbocycles. The molecule has 204 valence electrons. The average Bonchev–Trinajstić information content (AvgIpc) is 2.91. The first-order valence-corrected chi connectivity index (χ1v) is 11.8. The molecule has 1 N–H and O–H groups in total. The van der Waals surface area contributed by atoms with Gasteiger partial charge >= 0.3 is 12.5 Å². The van der Waals surface area contributed by atoms with Gasteiger partial charge in [0.25, 0.3) is 5.52 Å². The first kappa shape index (κ1) is 27.4. The molecule has 3 aromatic carbocycles. The maximum atomic E-state index is 12.5. The molecule has 0 spiro atoms. The molecule has 0 fully saturated rings. The quantitative estimate of drug-likeness (QED) is 0.119. The van der Waals surface area contributed by atoms with Crippen LogP contribution < -0.4 is 18.9 Å². The number of carbonyl (C=O) groups excluding carboxylic acids is 1. The Kier molecular flexibility index (Phi) is 7.99. The number of methoxy groups -OCH3 is 1. The maximum absolute atomic E-state index is 12.5. The van der Waals surface area contributed by atoms with Gasteiger partial charge in [-0.15, -0.1) is 13.2 Å². The van der Waals surface area contributed by atoms with Gasteiger partial charge in [-0.1, -0.05) is 36.4 Å². The monoisotopic (exact) mass is 544 g/mol. The van der Waals surface area contributed by atoms with Gasteiger partial charge in [0.15, 0.2) is 5.75 Å². The van der Waals surface area contributed by atoms with Gasteiger partial charge in [-0.3, -0.25) is 5.21 Å². The van der Waals surface area contributed by atoms with E-state index in [9.17, 15) is 23.2 Å². The number of halogens is 3. The SMILES string of the molecule is CCOC(=O)OCOc1c(-c2ccc(-c3ccc(OC(F)(F)F)cc3)cc2)c(C)[n+](O)c2cc(OC)ccc12. The number of fused-ring (bicyclic) bond motifs is 1. The van der Waals surface area contributed by atoms with E-state index in [0.717, 1.165) is 10.3 Å². The molecule has 0 saturated heterocycles. The molecule has 1 heterocycles. The molecule has 0 aliphatic rings. The number of rotatable bonds is 8. The van der Waals surface area contributed by atoms with Crippen molar-refractivity contribution in [2.45, 2.75) is 20.2 Å². The molecular weight excluding hydrogens is 519 g/mol. The minimum atomic E-state index is -4.77. The summed E-state index contributed by atoms with van der Waals surface area (Å²) in [7, 11) is 1.51. The molecule has 0 aliphatic heterocycles. The van der Waals surface area contributed by atoms with Crippen LogP contribution in [0.3, 0.4) is 0 Å². The molecule has 11 heteroatoms. The summed E-state index contributed by atoms with van der Waals surface area (Å²) in [4.78, 5) is 11.7. The van der Waals surface area contributed by atoms with E-state index in [2.05, 4.69) is 4.74 Å². The summed E-state index contributed by atoms with van der Waals surface area (Å²) in [5, 5.41) is 11.5. The normalized spacial score (nSPS) is 11.2. The van der Waals surface area contributed by atoms with Gasteiger partial charge in [-0.2, -0.15) is 0 Å². The van der Waals surface area contributed by atoms with Crippen LogP contribution in [0.1, 0.15) is 12.6 Å². The number of pyridine rings is 1. The van der Waals surface area contributed by atoms with E-state index >= 15 is 0 Å². The molecule has 8 nitrogen and oxygen atoms in total. The largest absolute Gasteiger partial charge is 0.573 e.